The lowest BCUT2D eigenvalue weighted by Gasteiger charge is -2.15. The summed E-state index contributed by atoms with van der Waals surface area (Å²) in [6.07, 6.45) is 0. The number of aromatic nitrogens is 3. The molecule has 0 bridgehead atoms. The Hall–Kier alpha value is -9.15. The van der Waals surface area contributed by atoms with E-state index in [0.29, 0.717) is 16.7 Å². The third kappa shape index (κ3) is 5.22. The van der Waals surface area contributed by atoms with Crippen LogP contribution in [0.2, 0.25) is 0 Å². The first kappa shape index (κ1) is 35.8. The van der Waals surface area contributed by atoms with Gasteiger partial charge in [0, 0.05) is 43.7 Å². The van der Waals surface area contributed by atoms with Crippen LogP contribution in [-0.4, -0.2) is 13.7 Å². The molecule has 0 fully saturated rings. The van der Waals surface area contributed by atoms with Crippen LogP contribution in [0.4, 0.5) is 0 Å². The van der Waals surface area contributed by atoms with Gasteiger partial charge in [-0.05, 0) is 89.0 Å². The van der Waals surface area contributed by atoms with Gasteiger partial charge in [-0.25, -0.2) is 0 Å². The topological polar surface area (TPSA) is 86.2 Å². The quantitative estimate of drug-likeness (QED) is 0.174. The van der Waals surface area contributed by atoms with Gasteiger partial charge in [-0.15, -0.1) is 0 Å². The van der Waals surface area contributed by atoms with E-state index in [9.17, 15) is 15.8 Å². The van der Waals surface area contributed by atoms with Crippen molar-refractivity contribution in [2.24, 2.45) is 0 Å². The van der Waals surface area contributed by atoms with Crippen molar-refractivity contribution in [1.82, 2.24) is 13.7 Å². The molecule has 3 aromatic heterocycles. The lowest BCUT2D eigenvalue weighted by molar-refractivity contribution is 1.16. The highest BCUT2D eigenvalue weighted by molar-refractivity contribution is 6.40. The van der Waals surface area contributed by atoms with Crippen LogP contribution in [0.3, 0.4) is 0 Å². The van der Waals surface area contributed by atoms with Crippen molar-refractivity contribution in [2.75, 3.05) is 0 Å². The van der Waals surface area contributed by atoms with Gasteiger partial charge < -0.3 is 13.7 Å². The summed E-state index contributed by atoms with van der Waals surface area (Å²) in [5, 5.41) is 37.7. The van der Waals surface area contributed by atoms with E-state index >= 15 is 0 Å². The largest absolute Gasteiger partial charge is 0.308 e. The first-order chi connectivity index (χ1) is 31.2. The van der Waals surface area contributed by atoms with Crippen molar-refractivity contribution in [3.63, 3.8) is 0 Å². The average molecular weight is 801 g/mol. The maximum Gasteiger partial charge on any atom is 0.101 e. The number of nitriles is 3. The molecule has 0 saturated heterocycles. The lowest BCUT2D eigenvalue weighted by atomic mass is 9.93. The van der Waals surface area contributed by atoms with E-state index in [1.165, 1.54) is 0 Å². The number of benzene rings is 9. The Morgan fingerprint density at radius 1 is 0.333 bits per heavy atom. The molecule has 9 aromatic carbocycles. The van der Waals surface area contributed by atoms with Crippen molar-refractivity contribution in [3.8, 4) is 57.5 Å². The zero-order chi connectivity index (χ0) is 42.2. The molecule has 0 N–H and O–H groups in total. The van der Waals surface area contributed by atoms with Crippen LogP contribution in [0.1, 0.15) is 16.7 Å². The van der Waals surface area contributed by atoms with Gasteiger partial charge in [-0.3, -0.25) is 0 Å². The highest BCUT2D eigenvalue weighted by Gasteiger charge is 2.29. The summed E-state index contributed by atoms with van der Waals surface area (Å²) in [5.41, 5.74) is 14.2. The SMILES string of the molecule is N#Cc1cccc(-n2c3ccccc3c3c2c2c4ccccc4n(-c4ccc(-c5ccccc5-c5ccccc5)cc4C#N)c2c2c4ccccc4n(-c4cccc(C#N)c4)c32)c1. The highest BCUT2D eigenvalue weighted by Crippen LogP contribution is 2.50. The van der Waals surface area contributed by atoms with Crippen LogP contribution in [0.25, 0.3) is 105 Å². The summed E-state index contributed by atoms with van der Waals surface area (Å²) in [6.45, 7) is 0. The third-order valence-corrected chi connectivity index (χ3v) is 12.5. The minimum Gasteiger partial charge on any atom is -0.308 e. The summed E-state index contributed by atoms with van der Waals surface area (Å²) in [4.78, 5) is 0. The van der Waals surface area contributed by atoms with E-state index in [1.807, 2.05) is 66.7 Å². The van der Waals surface area contributed by atoms with E-state index in [4.69, 9.17) is 0 Å². The van der Waals surface area contributed by atoms with Gasteiger partial charge in [0.15, 0.2) is 0 Å². The predicted molar refractivity (Wildman–Crippen MR) is 254 cm³/mol. The lowest BCUT2D eigenvalue weighted by Crippen LogP contribution is -2.00. The van der Waals surface area contributed by atoms with E-state index in [2.05, 4.69) is 159 Å². The molecule has 0 aliphatic heterocycles. The summed E-state index contributed by atoms with van der Waals surface area (Å²) >= 11 is 0. The summed E-state index contributed by atoms with van der Waals surface area (Å²) in [5.74, 6) is 0. The van der Waals surface area contributed by atoms with Crippen LogP contribution in [0.5, 0.6) is 0 Å². The van der Waals surface area contributed by atoms with Crippen LogP contribution in [0.15, 0.2) is 194 Å². The summed E-state index contributed by atoms with van der Waals surface area (Å²) < 4.78 is 6.88. The first-order valence-corrected chi connectivity index (χ1v) is 20.8. The fourth-order valence-corrected chi connectivity index (χ4v) is 9.96. The Morgan fingerprint density at radius 2 is 0.778 bits per heavy atom. The molecule has 0 radical (unpaired) electrons. The molecule has 0 saturated carbocycles. The van der Waals surface area contributed by atoms with Crippen molar-refractivity contribution in [2.45, 2.75) is 0 Å². The number of para-hydroxylation sites is 3. The van der Waals surface area contributed by atoms with Gasteiger partial charge in [0.05, 0.1) is 67.6 Å². The number of rotatable bonds is 5. The maximum absolute atomic E-state index is 11.2. The van der Waals surface area contributed by atoms with Crippen molar-refractivity contribution >= 4 is 65.4 Å². The molecule has 3 heterocycles. The number of hydrogen-bond acceptors (Lipinski definition) is 3. The Morgan fingerprint density at radius 3 is 1.29 bits per heavy atom. The molecule has 12 rings (SSSR count). The standard InChI is InChI=1S/C57H32N6/c58-33-36-14-12-18-41(30-36)61-49-25-9-6-22-45(49)52-55-53(46-23-7-10-26-50(46)62(55)42-19-13-15-37(31-42)34-59)57-54(56(52)61)47-24-8-11-27-51(47)63(57)48-29-28-39(32-40(48)35-60)44-21-5-4-20-43(44)38-16-2-1-3-17-38/h1-32H. The van der Waals surface area contributed by atoms with E-state index in [-0.39, 0.29) is 0 Å². The Kier molecular flexibility index (Phi) is 7.93. The van der Waals surface area contributed by atoms with Crippen LogP contribution in [-0.2, 0) is 0 Å². The fourth-order valence-electron chi connectivity index (χ4n) is 9.96. The van der Waals surface area contributed by atoms with Crippen molar-refractivity contribution in [1.29, 1.82) is 15.8 Å². The molecule has 63 heavy (non-hydrogen) atoms. The zero-order valence-electron chi connectivity index (χ0n) is 33.7. The molecule has 12 aromatic rings. The second-order valence-corrected chi connectivity index (χ2v) is 15.8. The molecular formula is C57H32N6. The fraction of sp³-hybridized carbons (Fsp3) is 0. The summed E-state index contributed by atoms with van der Waals surface area (Å²) in [6, 6.07) is 73.3. The molecule has 0 aliphatic carbocycles. The Bertz CT molecular complexity index is 3920. The van der Waals surface area contributed by atoms with E-state index in [1.54, 1.807) is 0 Å². The number of fused-ring (bicyclic) bond motifs is 12. The molecule has 0 unspecified atom stereocenters. The molecule has 290 valence electrons. The molecule has 0 aliphatic rings. The molecule has 0 spiro atoms. The molecular weight excluding hydrogens is 769 g/mol. The van der Waals surface area contributed by atoms with Gasteiger partial charge in [-0.2, -0.15) is 15.8 Å². The molecule has 0 atom stereocenters. The predicted octanol–water partition coefficient (Wildman–Crippen LogP) is 13.9. The average Bonchev–Trinajstić information content (AvgIpc) is 4.00. The highest BCUT2D eigenvalue weighted by atomic mass is 15.0. The second-order valence-electron chi connectivity index (χ2n) is 15.8. The maximum atomic E-state index is 11.2. The Balaban J connectivity index is 1.31. The van der Waals surface area contributed by atoms with Crippen LogP contribution in [0, 0.1) is 34.0 Å². The minimum atomic E-state index is 0.541. The van der Waals surface area contributed by atoms with Crippen LogP contribution >= 0.6 is 0 Å². The van der Waals surface area contributed by atoms with Gasteiger partial charge in [-0.1, -0.05) is 127 Å². The molecule has 6 heteroatoms. The second kappa shape index (κ2) is 14.0. The van der Waals surface area contributed by atoms with E-state index < -0.39 is 0 Å². The Labute approximate surface area is 361 Å². The van der Waals surface area contributed by atoms with Gasteiger partial charge in [0.2, 0.25) is 0 Å². The normalized spacial score (nSPS) is 11.4. The van der Waals surface area contributed by atoms with Crippen molar-refractivity contribution in [3.05, 3.63) is 211 Å². The summed E-state index contributed by atoms with van der Waals surface area (Å²) in [7, 11) is 0. The first-order valence-electron chi connectivity index (χ1n) is 20.8. The van der Waals surface area contributed by atoms with E-state index in [0.717, 1.165) is 105 Å². The minimum absolute atomic E-state index is 0.541. The number of nitrogens with zero attached hydrogens (tertiary/aromatic N) is 6. The number of hydrogen-bond donors (Lipinski definition) is 0. The smallest absolute Gasteiger partial charge is 0.101 e. The van der Waals surface area contributed by atoms with Gasteiger partial charge >= 0.3 is 0 Å². The van der Waals surface area contributed by atoms with Gasteiger partial charge in [0.25, 0.3) is 0 Å². The molecule has 6 nitrogen and oxygen atoms in total. The monoisotopic (exact) mass is 800 g/mol. The zero-order valence-corrected chi connectivity index (χ0v) is 33.7. The third-order valence-electron chi connectivity index (χ3n) is 12.5. The van der Waals surface area contributed by atoms with Crippen LogP contribution < -0.4 is 0 Å². The molecule has 0 amide bonds. The van der Waals surface area contributed by atoms with Gasteiger partial charge in [0.1, 0.15) is 6.07 Å². The van der Waals surface area contributed by atoms with Crippen molar-refractivity contribution < 1.29 is 0 Å².